The number of hydrogen-bond donors (Lipinski definition) is 1. The number of pyridine rings is 1. The molecular formula is C34H25F9N2O4. The molecule has 0 saturated carbocycles. The number of rotatable bonds is 7. The van der Waals surface area contributed by atoms with Gasteiger partial charge >= 0.3 is 24.5 Å². The zero-order valence-corrected chi connectivity index (χ0v) is 25.7. The number of alkyl halides is 9. The average molecular weight is 697 g/mol. The molecule has 2 atom stereocenters. The number of aryl methyl sites for hydroxylation is 1. The number of carbonyl (C=O) groups is 1. The molecule has 0 bridgehead atoms. The molecule has 5 rings (SSSR count). The van der Waals surface area contributed by atoms with Gasteiger partial charge in [0, 0.05) is 29.7 Å². The number of ether oxygens (including phenoxy) is 1. The van der Waals surface area contributed by atoms with Crippen molar-refractivity contribution in [3.63, 3.8) is 0 Å². The third-order valence-electron chi connectivity index (χ3n) is 8.12. The largest absolute Gasteiger partial charge is 0.481 e. The summed E-state index contributed by atoms with van der Waals surface area (Å²) in [5, 5.41) is 13.2. The van der Waals surface area contributed by atoms with E-state index in [2.05, 4.69) is 10.1 Å². The summed E-state index contributed by atoms with van der Waals surface area (Å²) < 4.78 is 128. The molecule has 0 aliphatic carbocycles. The number of hydrogen-bond acceptors (Lipinski definition) is 5. The molecular weight excluding hydrogens is 671 g/mol. The van der Waals surface area contributed by atoms with Crippen LogP contribution in [0.4, 0.5) is 39.5 Å². The maximum absolute atomic E-state index is 13.9. The Balaban J connectivity index is 1.57. The van der Waals surface area contributed by atoms with Crippen molar-refractivity contribution < 1.29 is 59.0 Å². The maximum Gasteiger partial charge on any atom is 0.416 e. The first-order valence-corrected chi connectivity index (χ1v) is 14.4. The second-order valence-corrected chi connectivity index (χ2v) is 11.4. The Labute approximate surface area is 272 Å². The molecule has 1 N–H and O–H groups in total. The van der Waals surface area contributed by atoms with Gasteiger partial charge in [-0.2, -0.15) is 39.5 Å². The minimum atomic E-state index is -5.10. The molecule has 0 radical (unpaired) electrons. The highest BCUT2D eigenvalue weighted by atomic mass is 19.4. The van der Waals surface area contributed by atoms with Gasteiger partial charge in [0.25, 0.3) is 0 Å². The van der Waals surface area contributed by atoms with E-state index in [9.17, 15) is 49.4 Å². The molecule has 0 spiro atoms. The molecule has 0 fully saturated rings. The SMILES string of the molecule is COc1ncc(-c2ccc(C(=O)O)cc2C)cc1-c1ccc(C(F)(F)F)cc1CC1=NO[C@H](c2cc(C(F)(F)F)cc(C(F)(F)F)c2)[C@@H]1C. The van der Waals surface area contributed by atoms with Crippen LogP contribution in [0, 0.1) is 12.8 Å². The number of aromatic nitrogens is 1. The van der Waals surface area contributed by atoms with Crippen molar-refractivity contribution in [2.75, 3.05) is 7.11 Å². The lowest BCUT2D eigenvalue weighted by Gasteiger charge is -2.20. The van der Waals surface area contributed by atoms with Gasteiger partial charge in [-0.25, -0.2) is 9.78 Å². The van der Waals surface area contributed by atoms with E-state index in [1.165, 1.54) is 38.4 Å². The highest BCUT2D eigenvalue weighted by Gasteiger charge is 2.40. The van der Waals surface area contributed by atoms with Crippen LogP contribution in [-0.2, 0) is 29.8 Å². The molecule has 49 heavy (non-hydrogen) atoms. The smallest absolute Gasteiger partial charge is 0.416 e. The Morgan fingerprint density at radius 3 is 1.98 bits per heavy atom. The monoisotopic (exact) mass is 696 g/mol. The van der Waals surface area contributed by atoms with Crippen LogP contribution < -0.4 is 4.74 Å². The van der Waals surface area contributed by atoms with Crippen LogP contribution in [0.25, 0.3) is 22.3 Å². The second kappa shape index (κ2) is 12.7. The molecule has 258 valence electrons. The number of carboxylic acids is 1. The van der Waals surface area contributed by atoms with Crippen LogP contribution in [-0.4, -0.2) is 28.9 Å². The molecule has 6 nitrogen and oxygen atoms in total. The van der Waals surface area contributed by atoms with Gasteiger partial charge in [-0.3, -0.25) is 0 Å². The molecule has 15 heteroatoms. The van der Waals surface area contributed by atoms with Gasteiger partial charge in [-0.15, -0.1) is 0 Å². The van der Waals surface area contributed by atoms with E-state index in [1.807, 2.05) is 0 Å². The van der Waals surface area contributed by atoms with Crippen molar-refractivity contribution in [2.45, 2.75) is 44.9 Å². The quantitative estimate of drug-likeness (QED) is 0.195. The predicted molar refractivity (Wildman–Crippen MR) is 159 cm³/mol. The number of nitrogens with zero attached hydrogens (tertiary/aromatic N) is 2. The van der Waals surface area contributed by atoms with Gasteiger partial charge in [0.05, 0.1) is 35.1 Å². The first-order valence-electron chi connectivity index (χ1n) is 14.4. The van der Waals surface area contributed by atoms with E-state index >= 15 is 0 Å². The number of carboxylic acid groups (broad SMARTS) is 1. The first-order chi connectivity index (χ1) is 22.8. The van der Waals surface area contributed by atoms with Gasteiger partial charge < -0.3 is 14.7 Å². The van der Waals surface area contributed by atoms with Crippen LogP contribution in [0.15, 0.2) is 72.0 Å². The lowest BCUT2D eigenvalue weighted by Crippen LogP contribution is -2.19. The number of aromatic carboxylic acids is 1. The Kier molecular flexibility index (Phi) is 9.17. The minimum absolute atomic E-state index is 0.0165. The number of methoxy groups -OCH3 is 1. The van der Waals surface area contributed by atoms with E-state index in [0.717, 1.165) is 12.1 Å². The lowest BCUT2D eigenvalue weighted by atomic mass is 9.86. The van der Waals surface area contributed by atoms with E-state index in [0.29, 0.717) is 28.8 Å². The third-order valence-corrected chi connectivity index (χ3v) is 8.12. The summed E-state index contributed by atoms with van der Waals surface area (Å²) in [6.45, 7) is 3.11. The van der Waals surface area contributed by atoms with Gasteiger partial charge in [0.15, 0.2) is 6.10 Å². The molecule has 2 heterocycles. The molecule has 3 aromatic carbocycles. The van der Waals surface area contributed by atoms with Crippen molar-refractivity contribution in [3.8, 4) is 28.1 Å². The van der Waals surface area contributed by atoms with Gasteiger partial charge in [-0.05, 0) is 83.3 Å². The Morgan fingerprint density at radius 1 is 0.816 bits per heavy atom. The van der Waals surface area contributed by atoms with Crippen molar-refractivity contribution >= 4 is 11.7 Å². The summed E-state index contributed by atoms with van der Waals surface area (Å²) in [5.74, 6) is -2.06. The van der Waals surface area contributed by atoms with Crippen LogP contribution in [0.3, 0.4) is 0 Å². The topological polar surface area (TPSA) is 81.0 Å². The number of oxime groups is 1. The van der Waals surface area contributed by atoms with E-state index in [-0.39, 0.29) is 46.3 Å². The van der Waals surface area contributed by atoms with Crippen LogP contribution in [0.1, 0.15) is 56.8 Å². The average Bonchev–Trinajstić information content (AvgIpc) is 3.38. The molecule has 1 aliphatic rings. The lowest BCUT2D eigenvalue weighted by molar-refractivity contribution is -0.143. The molecule has 1 aliphatic heterocycles. The highest BCUT2D eigenvalue weighted by Crippen LogP contribution is 2.43. The summed E-state index contributed by atoms with van der Waals surface area (Å²) in [7, 11) is 1.30. The van der Waals surface area contributed by atoms with Crippen molar-refractivity contribution in [3.05, 3.63) is 106 Å². The first kappa shape index (κ1) is 35.2. The van der Waals surface area contributed by atoms with E-state index < -0.39 is 58.8 Å². The Hall–Kier alpha value is -5.08. The zero-order valence-electron chi connectivity index (χ0n) is 25.7. The normalized spacial score (nSPS) is 16.7. The van der Waals surface area contributed by atoms with E-state index in [1.54, 1.807) is 19.1 Å². The molecule has 0 saturated heterocycles. The van der Waals surface area contributed by atoms with Gasteiger partial charge in [0.1, 0.15) is 0 Å². The minimum Gasteiger partial charge on any atom is -0.481 e. The Bertz CT molecular complexity index is 1920. The highest BCUT2D eigenvalue weighted by molar-refractivity contribution is 5.92. The van der Waals surface area contributed by atoms with Crippen molar-refractivity contribution in [1.29, 1.82) is 0 Å². The molecule has 4 aromatic rings. The number of benzene rings is 3. The molecule has 1 aromatic heterocycles. The summed E-state index contributed by atoms with van der Waals surface area (Å²) in [6, 6.07) is 9.93. The fraction of sp³-hybridized carbons (Fsp3) is 0.265. The summed E-state index contributed by atoms with van der Waals surface area (Å²) in [5.41, 5.74) is -2.31. The summed E-state index contributed by atoms with van der Waals surface area (Å²) >= 11 is 0. The summed E-state index contributed by atoms with van der Waals surface area (Å²) in [4.78, 5) is 21.1. The van der Waals surface area contributed by atoms with Gasteiger partial charge in [-0.1, -0.05) is 24.2 Å². The Morgan fingerprint density at radius 2 is 1.43 bits per heavy atom. The molecule has 0 unspecified atom stereocenters. The molecule has 0 amide bonds. The maximum atomic E-state index is 13.9. The van der Waals surface area contributed by atoms with Crippen molar-refractivity contribution in [2.24, 2.45) is 11.1 Å². The van der Waals surface area contributed by atoms with Crippen LogP contribution >= 0.6 is 0 Å². The van der Waals surface area contributed by atoms with Gasteiger partial charge in [0.2, 0.25) is 5.88 Å². The standard InChI is InChI=1S/C34H25F9N2O4/c1-16-8-18(31(46)47)4-6-25(16)21-12-27(30(48-3)44-15-21)26-7-5-22(32(35,36)37)9-19(26)13-28-17(2)29(49-45-28)20-10-23(33(38,39)40)14-24(11-20)34(41,42)43/h4-12,14-15,17,29H,13H2,1-3H3,(H,46,47)/t17-,29+/m1/s1. The third kappa shape index (κ3) is 7.34. The van der Waals surface area contributed by atoms with E-state index in [4.69, 9.17) is 9.57 Å². The zero-order chi connectivity index (χ0) is 36.1. The number of halogens is 9. The van der Waals surface area contributed by atoms with Crippen LogP contribution in [0.5, 0.6) is 5.88 Å². The van der Waals surface area contributed by atoms with Crippen LogP contribution in [0.2, 0.25) is 0 Å². The van der Waals surface area contributed by atoms with Crippen molar-refractivity contribution in [1.82, 2.24) is 4.98 Å². The fourth-order valence-electron chi connectivity index (χ4n) is 5.61. The second-order valence-electron chi connectivity index (χ2n) is 11.4. The summed E-state index contributed by atoms with van der Waals surface area (Å²) in [6.07, 6.45) is -15.3. The fourth-order valence-corrected chi connectivity index (χ4v) is 5.61. The predicted octanol–water partition coefficient (Wildman–Crippen LogP) is 9.79.